The van der Waals surface area contributed by atoms with Crippen molar-refractivity contribution in [1.29, 1.82) is 0 Å². The normalized spacial score (nSPS) is 13.4. The minimum Gasteiger partial charge on any atom is -0.316 e. The summed E-state index contributed by atoms with van der Waals surface area (Å²) in [6, 6.07) is 0. The number of rotatable bonds is 10. The highest BCUT2D eigenvalue weighted by Crippen LogP contribution is 2.12. The number of thioether (sulfide) groups is 1. The lowest BCUT2D eigenvalue weighted by atomic mass is 10.0. The van der Waals surface area contributed by atoms with Crippen LogP contribution in [-0.2, 0) is 0 Å². The minimum atomic E-state index is 0.779. The Bertz CT molecular complexity index is 126. The first-order chi connectivity index (χ1) is 7.16. The van der Waals surface area contributed by atoms with E-state index >= 15 is 0 Å². The van der Waals surface area contributed by atoms with Crippen LogP contribution in [0.5, 0.6) is 0 Å². The summed E-state index contributed by atoms with van der Waals surface area (Å²) >= 11 is 2.07. The Morgan fingerprint density at radius 1 is 1.13 bits per heavy atom. The van der Waals surface area contributed by atoms with Crippen LogP contribution in [-0.4, -0.2) is 24.6 Å². The van der Waals surface area contributed by atoms with Crippen LogP contribution in [0.2, 0.25) is 0 Å². The number of hydrogen-bond acceptors (Lipinski definition) is 2. The monoisotopic (exact) mass is 231 g/mol. The van der Waals surface area contributed by atoms with Gasteiger partial charge in [-0.05, 0) is 55.7 Å². The molecule has 0 spiro atoms. The lowest BCUT2D eigenvalue weighted by Crippen LogP contribution is -2.22. The summed E-state index contributed by atoms with van der Waals surface area (Å²) in [4.78, 5) is 0. The van der Waals surface area contributed by atoms with Gasteiger partial charge in [-0.15, -0.1) is 0 Å². The molecule has 0 heterocycles. The van der Waals surface area contributed by atoms with Gasteiger partial charge in [0, 0.05) is 0 Å². The zero-order valence-corrected chi connectivity index (χ0v) is 11.8. The highest BCUT2D eigenvalue weighted by atomic mass is 32.2. The van der Waals surface area contributed by atoms with E-state index in [4.69, 9.17) is 0 Å². The third-order valence-corrected chi connectivity index (χ3v) is 3.54. The van der Waals surface area contributed by atoms with Crippen LogP contribution in [0, 0.1) is 11.8 Å². The zero-order valence-electron chi connectivity index (χ0n) is 11.0. The molecule has 0 aromatic rings. The Labute approximate surface area is 101 Å². The average Bonchev–Trinajstić information content (AvgIpc) is 2.19. The van der Waals surface area contributed by atoms with Crippen LogP contribution < -0.4 is 5.32 Å². The molecule has 0 aliphatic rings. The van der Waals surface area contributed by atoms with Crippen molar-refractivity contribution in [2.75, 3.05) is 24.6 Å². The van der Waals surface area contributed by atoms with Crippen LogP contribution in [0.15, 0.2) is 0 Å². The van der Waals surface area contributed by atoms with E-state index in [2.05, 4.69) is 44.8 Å². The lowest BCUT2D eigenvalue weighted by Gasteiger charge is -2.12. The van der Waals surface area contributed by atoms with Gasteiger partial charge in [0.1, 0.15) is 0 Å². The molecule has 1 N–H and O–H groups in total. The highest BCUT2D eigenvalue weighted by molar-refractivity contribution is 7.99. The van der Waals surface area contributed by atoms with Gasteiger partial charge in [-0.3, -0.25) is 0 Å². The summed E-state index contributed by atoms with van der Waals surface area (Å²) in [6.07, 6.45) is 4.13. The molecule has 0 saturated carbocycles. The van der Waals surface area contributed by atoms with Crippen molar-refractivity contribution in [3.05, 3.63) is 0 Å². The summed E-state index contributed by atoms with van der Waals surface area (Å²) in [7, 11) is 0. The molecule has 0 saturated heterocycles. The van der Waals surface area contributed by atoms with Gasteiger partial charge in [-0.1, -0.05) is 27.7 Å². The summed E-state index contributed by atoms with van der Waals surface area (Å²) in [5, 5.41) is 3.51. The Morgan fingerprint density at radius 2 is 1.87 bits per heavy atom. The Hall–Kier alpha value is 0.310. The second kappa shape index (κ2) is 10.8. The van der Waals surface area contributed by atoms with E-state index in [-0.39, 0.29) is 0 Å². The fourth-order valence-electron chi connectivity index (χ4n) is 1.56. The molecule has 15 heavy (non-hydrogen) atoms. The second-order valence-corrected chi connectivity index (χ2v) is 6.22. The summed E-state index contributed by atoms with van der Waals surface area (Å²) in [5.41, 5.74) is 0. The number of hydrogen-bond donors (Lipinski definition) is 1. The van der Waals surface area contributed by atoms with Crippen LogP contribution in [0.1, 0.15) is 47.0 Å². The molecule has 0 aliphatic carbocycles. The minimum absolute atomic E-state index is 0.779. The van der Waals surface area contributed by atoms with Crippen LogP contribution >= 0.6 is 11.8 Å². The first-order valence-corrected chi connectivity index (χ1v) is 7.60. The summed E-state index contributed by atoms with van der Waals surface area (Å²) in [5.74, 6) is 4.29. The van der Waals surface area contributed by atoms with E-state index < -0.39 is 0 Å². The Balaban J connectivity index is 3.15. The van der Waals surface area contributed by atoms with Crippen molar-refractivity contribution in [2.45, 2.75) is 47.0 Å². The molecule has 0 bridgehead atoms. The fraction of sp³-hybridized carbons (Fsp3) is 1.00. The molecule has 0 aliphatic heterocycles. The maximum absolute atomic E-state index is 3.51. The van der Waals surface area contributed by atoms with Gasteiger partial charge in [0.05, 0.1) is 0 Å². The van der Waals surface area contributed by atoms with E-state index in [1.807, 2.05) is 0 Å². The maximum atomic E-state index is 3.51. The van der Waals surface area contributed by atoms with Crippen LogP contribution in [0.25, 0.3) is 0 Å². The van der Waals surface area contributed by atoms with Gasteiger partial charge in [0.15, 0.2) is 0 Å². The highest BCUT2D eigenvalue weighted by Gasteiger charge is 2.01. The third kappa shape index (κ3) is 12.2. The molecular formula is C13H29NS. The van der Waals surface area contributed by atoms with Gasteiger partial charge in [0.2, 0.25) is 0 Å². The van der Waals surface area contributed by atoms with Crippen molar-refractivity contribution in [3.63, 3.8) is 0 Å². The molecule has 0 radical (unpaired) electrons. The molecule has 0 fully saturated rings. The molecule has 0 aromatic heterocycles. The molecule has 0 amide bonds. The van der Waals surface area contributed by atoms with Gasteiger partial charge >= 0.3 is 0 Å². The molecule has 92 valence electrons. The Morgan fingerprint density at radius 3 is 2.47 bits per heavy atom. The lowest BCUT2D eigenvalue weighted by molar-refractivity contribution is 0.451. The molecule has 1 atom stereocenters. The predicted molar refractivity (Wildman–Crippen MR) is 73.7 cm³/mol. The third-order valence-electron chi connectivity index (χ3n) is 2.56. The average molecular weight is 231 g/mol. The first-order valence-electron chi connectivity index (χ1n) is 6.45. The predicted octanol–water partition coefficient (Wildman–Crippen LogP) is 3.79. The zero-order chi connectivity index (χ0) is 11.5. The topological polar surface area (TPSA) is 12.0 Å². The molecule has 1 nitrogen and oxygen atoms in total. The molecular weight excluding hydrogens is 202 g/mol. The van der Waals surface area contributed by atoms with Gasteiger partial charge < -0.3 is 5.32 Å². The van der Waals surface area contributed by atoms with E-state index in [1.165, 1.54) is 43.9 Å². The van der Waals surface area contributed by atoms with Crippen molar-refractivity contribution >= 4 is 11.8 Å². The molecule has 2 heteroatoms. The van der Waals surface area contributed by atoms with Crippen LogP contribution in [0.4, 0.5) is 0 Å². The van der Waals surface area contributed by atoms with Crippen molar-refractivity contribution < 1.29 is 0 Å². The number of nitrogens with one attached hydrogen (secondary N) is 1. The van der Waals surface area contributed by atoms with E-state index in [1.54, 1.807) is 0 Å². The standard InChI is InChI=1S/C13H29NS/c1-5-15-10-6-7-13(4)8-9-14-11-12(2)3/h12-14H,5-11H2,1-4H3. The SMILES string of the molecule is CCSCCCC(C)CCNCC(C)C. The van der Waals surface area contributed by atoms with Gasteiger partial charge in [0.25, 0.3) is 0 Å². The summed E-state index contributed by atoms with van der Waals surface area (Å²) < 4.78 is 0. The van der Waals surface area contributed by atoms with Crippen LogP contribution in [0.3, 0.4) is 0 Å². The maximum Gasteiger partial charge on any atom is -0.00258 e. The van der Waals surface area contributed by atoms with Gasteiger partial charge in [-0.25, -0.2) is 0 Å². The quantitative estimate of drug-likeness (QED) is 0.574. The van der Waals surface area contributed by atoms with E-state index in [0.29, 0.717) is 0 Å². The largest absolute Gasteiger partial charge is 0.316 e. The fourth-order valence-corrected chi connectivity index (χ4v) is 2.22. The van der Waals surface area contributed by atoms with Crippen molar-refractivity contribution in [2.24, 2.45) is 11.8 Å². The summed E-state index contributed by atoms with van der Waals surface area (Å²) in [6.45, 7) is 11.5. The smallest absolute Gasteiger partial charge is 0.00258 e. The van der Waals surface area contributed by atoms with Gasteiger partial charge in [-0.2, -0.15) is 11.8 Å². The van der Waals surface area contributed by atoms with Crippen molar-refractivity contribution in [3.8, 4) is 0 Å². The first kappa shape index (κ1) is 15.3. The van der Waals surface area contributed by atoms with E-state index in [9.17, 15) is 0 Å². The molecule has 0 rings (SSSR count). The second-order valence-electron chi connectivity index (χ2n) is 4.83. The van der Waals surface area contributed by atoms with E-state index in [0.717, 1.165) is 11.8 Å². The molecule has 0 aromatic carbocycles. The Kier molecular flexibility index (Phi) is 11.0. The van der Waals surface area contributed by atoms with Crippen molar-refractivity contribution in [1.82, 2.24) is 5.32 Å². The molecule has 1 unspecified atom stereocenters.